The van der Waals surface area contributed by atoms with E-state index in [0.29, 0.717) is 16.6 Å². The van der Waals surface area contributed by atoms with Gasteiger partial charge in [0.25, 0.3) is 5.91 Å². The molecule has 11 heteroatoms. The maximum atomic E-state index is 12.3. The van der Waals surface area contributed by atoms with Crippen molar-refractivity contribution >= 4 is 49.8 Å². The number of carbonyl (C=O) groups excluding carboxylic acids is 1. The number of nitrogens with zero attached hydrogens (tertiary/aromatic N) is 3. The molecule has 0 fully saturated rings. The van der Waals surface area contributed by atoms with Crippen molar-refractivity contribution in [3.05, 3.63) is 24.3 Å². The van der Waals surface area contributed by atoms with Gasteiger partial charge in [-0.05, 0) is 37.6 Å². The van der Waals surface area contributed by atoms with E-state index < -0.39 is 16.1 Å². The summed E-state index contributed by atoms with van der Waals surface area (Å²) in [6.45, 7) is 3.71. The summed E-state index contributed by atoms with van der Waals surface area (Å²) in [7, 11) is -1.86. The molecular formula is C16H22N4O4S3. The highest BCUT2D eigenvalue weighted by Gasteiger charge is 2.18. The average molecular weight is 431 g/mol. The SMILES string of the molecule is CCCSc1nnc(NC(=O)[C@@H](C)Oc2ccc(N(C)S(C)(=O)=O)cc2)s1. The molecule has 8 nitrogen and oxygen atoms in total. The molecule has 1 aromatic heterocycles. The zero-order chi connectivity index (χ0) is 20.0. The van der Waals surface area contributed by atoms with Gasteiger partial charge in [-0.3, -0.25) is 14.4 Å². The number of hydrogen-bond acceptors (Lipinski definition) is 8. The highest BCUT2D eigenvalue weighted by Crippen LogP contribution is 2.26. The first-order chi connectivity index (χ1) is 12.7. The van der Waals surface area contributed by atoms with E-state index in [-0.39, 0.29) is 5.91 Å². The third-order valence-electron chi connectivity index (χ3n) is 3.45. The van der Waals surface area contributed by atoms with Crippen molar-refractivity contribution in [2.75, 3.05) is 28.7 Å². The van der Waals surface area contributed by atoms with Crippen molar-refractivity contribution in [2.45, 2.75) is 30.7 Å². The van der Waals surface area contributed by atoms with Crippen LogP contribution in [0.1, 0.15) is 20.3 Å². The maximum absolute atomic E-state index is 12.3. The van der Waals surface area contributed by atoms with E-state index in [1.807, 2.05) is 0 Å². The van der Waals surface area contributed by atoms with Crippen LogP contribution in [-0.2, 0) is 14.8 Å². The van der Waals surface area contributed by atoms with Gasteiger partial charge in [-0.1, -0.05) is 30.0 Å². The monoisotopic (exact) mass is 430 g/mol. The van der Waals surface area contributed by atoms with Crippen molar-refractivity contribution < 1.29 is 17.9 Å². The van der Waals surface area contributed by atoms with Gasteiger partial charge in [0, 0.05) is 12.8 Å². The molecule has 0 aliphatic heterocycles. The number of hydrogen-bond donors (Lipinski definition) is 1. The second-order valence-electron chi connectivity index (χ2n) is 5.70. The molecule has 148 valence electrons. The van der Waals surface area contributed by atoms with Crippen LogP contribution in [0.3, 0.4) is 0 Å². The topological polar surface area (TPSA) is 101 Å². The minimum atomic E-state index is -3.33. The highest BCUT2D eigenvalue weighted by atomic mass is 32.2. The van der Waals surface area contributed by atoms with Gasteiger partial charge in [-0.15, -0.1) is 10.2 Å². The van der Waals surface area contributed by atoms with E-state index in [1.165, 1.54) is 18.4 Å². The van der Waals surface area contributed by atoms with Crippen molar-refractivity contribution in [1.29, 1.82) is 0 Å². The van der Waals surface area contributed by atoms with Crippen LogP contribution < -0.4 is 14.4 Å². The summed E-state index contributed by atoms with van der Waals surface area (Å²) in [6.07, 6.45) is 1.41. The molecule has 2 rings (SSSR count). The van der Waals surface area contributed by atoms with Crippen molar-refractivity contribution in [3.8, 4) is 5.75 Å². The molecule has 0 aliphatic rings. The minimum Gasteiger partial charge on any atom is -0.481 e. The fourth-order valence-electron chi connectivity index (χ4n) is 1.90. The fraction of sp³-hybridized carbons (Fsp3) is 0.438. The molecule has 0 saturated carbocycles. The number of carbonyl (C=O) groups is 1. The maximum Gasteiger partial charge on any atom is 0.266 e. The molecular weight excluding hydrogens is 408 g/mol. The summed E-state index contributed by atoms with van der Waals surface area (Å²) in [5.74, 6) is 1.07. The molecule has 0 bridgehead atoms. The quantitative estimate of drug-likeness (QED) is 0.482. The molecule has 1 atom stereocenters. The van der Waals surface area contributed by atoms with E-state index >= 15 is 0 Å². The second-order valence-corrected chi connectivity index (χ2v) is 10.0. The van der Waals surface area contributed by atoms with Crippen molar-refractivity contribution in [1.82, 2.24) is 10.2 Å². The van der Waals surface area contributed by atoms with Crippen LogP contribution in [-0.4, -0.2) is 49.7 Å². The molecule has 0 saturated heterocycles. The number of anilines is 2. The lowest BCUT2D eigenvalue weighted by Crippen LogP contribution is -2.30. The molecule has 0 aliphatic carbocycles. The lowest BCUT2D eigenvalue weighted by Gasteiger charge is -2.18. The molecule has 1 amide bonds. The Morgan fingerprint density at radius 1 is 1.33 bits per heavy atom. The molecule has 0 spiro atoms. The van der Waals surface area contributed by atoms with E-state index in [1.54, 1.807) is 43.0 Å². The largest absolute Gasteiger partial charge is 0.481 e. The first kappa shape index (κ1) is 21.5. The average Bonchev–Trinajstić information content (AvgIpc) is 3.06. The normalized spacial score (nSPS) is 12.4. The molecule has 1 aromatic carbocycles. The Kier molecular flexibility index (Phi) is 7.45. The van der Waals surface area contributed by atoms with Gasteiger partial charge < -0.3 is 4.74 Å². The molecule has 0 unspecified atom stereocenters. The van der Waals surface area contributed by atoms with E-state index in [9.17, 15) is 13.2 Å². The van der Waals surface area contributed by atoms with Gasteiger partial charge in [0.15, 0.2) is 10.4 Å². The zero-order valence-corrected chi connectivity index (χ0v) is 17.9. The Labute approximate surface area is 167 Å². The summed E-state index contributed by atoms with van der Waals surface area (Å²) in [4.78, 5) is 12.3. The minimum absolute atomic E-state index is 0.337. The first-order valence-corrected chi connectivity index (χ1v) is 11.8. The number of nitrogens with one attached hydrogen (secondary N) is 1. The molecule has 27 heavy (non-hydrogen) atoms. The highest BCUT2D eigenvalue weighted by molar-refractivity contribution is 8.01. The fourth-order valence-corrected chi connectivity index (χ4v) is 4.08. The molecule has 0 radical (unpaired) electrons. The summed E-state index contributed by atoms with van der Waals surface area (Å²) in [5.41, 5.74) is 0.507. The van der Waals surface area contributed by atoms with Crippen LogP contribution in [0.2, 0.25) is 0 Å². The Balaban J connectivity index is 1.93. The number of ether oxygens (including phenoxy) is 1. The summed E-state index contributed by atoms with van der Waals surface area (Å²) in [5, 5.41) is 11.1. The lowest BCUT2D eigenvalue weighted by atomic mass is 10.3. The smallest absolute Gasteiger partial charge is 0.266 e. The molecule has 2 aromatic rings. The lowest BCUT2D eigenvalue weighted by molar-refractivity contribution is -0.122. The number of sulfonamides is 1. The number of rotatable bonds is 9. The standard InChI is InChI=1S/C16H22N4O4S3/c1-5-10-25-16-19-18-15(26-16)17-14(21)11(2)24-13-8-6-12(7-9-13)20(3)27(4,22)23/h6-9,11H,5,10H2,1-4H3,(H,17,18,21)/t11-/m1/s1. The van der Waals surface area contributed by atoms with Gasteiger partial charge in [0.2, 0.25) is 15.2 Å². The van der Waals surface area contributed by atoms with Crippen LogP contribution in [0.25, 0.3) is 0 Å². The third-order valence-corrected chi connectivity index (χ3v) is 6.83. The Bertz CT molecular complexity index is 868. The van der Waals surface area contributed by atoms with Crippen molar-refractivity contribution in [2.24, 2.45) is 0 Å². The van der Waals surface area contributed by atoms with Crippen LogP contribution in [0, 0.1) is 0 Å². The zero-order valence-electron chi connectivity index (χ0n) is 15.5. The van der Waals surface area contributed by atoms with E-state index in [2.05, 4.69) is 22.4 Å². The Morgan fingerprint density at radius 3 is 2.59 bits per heavy atom. The van der Waals surface area contributed by atoms with E-state index in [0.717, 1.165) is 27.1 Å². The van der Waals surface area contributed by atoms with Gasteiger partial charge >= 0.3 is 0 Å². The summed E-state index contributed by atoms with van der Waals surface area (Å²) < 4.78 is 30.7. The molecule has 1 N–H and O–H groups in total. The Morgan fingerprint density at radius 2 is 2.00 bits per heavy atom. The number of thioether (sulfide) groups is 1. The summed E-state index contributed by atoms with van der Waals surface area (Å²) >= 11 is 2.92. The number of benzene rings is 1. The summed E-state index contributed by atoms with van der Waals surface area (Å²) in [6, 6.07) is 6.46. The second kappa shape index (κ2) is 9.38. The third kappa shape index (κ3) is 6.36. The number of amides is 1. The van der Waals surface area contributed by atoms with Crippen LogP contribution in [0.15, 0.2) is 28.6 Å². The van der Waals surface area contributed by atoms with Crippen LogP contribution in [0.4, 0.5) is 10.8 Å². The predicted molar refractivity (Wildman–Crippen MR) is 109 cm³/mol. The van der Waals surface area contributed by atoms with Gasteiger partial charge in [-0.25, -0.2) is 8.42 Å². The van der Waals surface area contributed by atoms with Crippen LogP contribution in [0.5, 0.6) is 5.75 Å². The predicted octanol–water partition coefficient (Wildman–Crippen LogP) is 2.84. The Hall–Kier alpha value is -1.85. The van der Waals surface area contributed by atoms with E-state index in [4.69, 9.17) is 4.74 Å². The number of aromatic nitrogens is 2. The first-order valence-electron chi connectivity index (χ1n) is 8.18. The van der Waals surface area contributed by atoms with Gasteiger partial charge in [0.05, 0.1) is 11.9 Å². The van der Waals surface area contributed by atoms with Crippen LogP contribution >= 0.6 is 23.1 Å². The van der Waals surface area contributed by atoms with Gasteiger partial charge in [0.1, 0.15) is 5.75 Å². The van der Waals surface area contributed by atoms with Gasteiger partial charge in [-0.2, -0.15) is 0 Å². The van der Waals surface area contributed by atoms with Crippen molar-refractivity contribution in [3.63, 3.8) is 0 Å². The molecule has 1 heterocycles.